The highest BCUT2D eigenvalue weighted by Gasteiger charge is 2.18. The van der Waals surface area contributed by atoms with Gasteiger partial charge >= 0.3 is 6.61 Å². The number of carbonyl (C=O) groups excluding carboxylic acids is 1. The molecule has 7 heteroatoms. The van der Waals surface area contributed by atoms with E-state index in [1.54, 1.807) is 35.4 Å². The highest BCUT2D eigenvalue weighted by Crippen LogP contribution is 2.30. The molecule has 130 valence electrons. The molecule has 2 rings (SSSR count). The Labute approximate surface area is 143 Å². The number of thiophene rings is 1. The number of benzene rings is 1. The van der Waals surface area contributed by atoms with Crippen LogP contribution in [0.25, 0.3) is 0 Å². The van der Waals surface area contributed by atoms with E-state index in [-0.39, 0.29) is 24.0 Å². The van der Waals surface area contributed by atoms with Crippen LogP contribution < -0.4 is 9.47 Å². The van der Waals surface area contributed by atoms with E-state index in [0.717, 1.165) is 9.75 Å². The summed E-state index contributed by atoms with van der Waals surface area (Å²) in [5, 5.41) is 0. The summed E-state index contributed by atoms with van der Waals surface area (Å²) >= 11 is 1.57. The van der Waals surface area contributed by atoms with E-state index < -0.39 is 6.61 Å². The van der Waals surface area contributed by atoms with Crippen LogP contribution in [0.3, 0.4) is 0 Å². The van der Waals surface area contributed by atoms with Gasteiger partial charge in [0.1, 0.15) is 0 Å². The molecule has 1 aromatic carbocycles. The number of rotatable bonds is 6. The fourth-order valence-corrected chi connectivity index (χ4v) is 3.32. The molecule has 0 saturated heterocycles. The predicted octanol–water partition coefficient (Wildman–Crippen LogP) is 4.25. The van der Waals surface area contributed by atoms with Gasteiger partial charge in [-0.3, -0.25) is 4.79 Å². The van der Waals surface area contributed by atoms with Gasteiger partial charge in [0.05, 0.1) is 12.7 Å². The lowest BCUT2D eigenvalue weighted by Gasteiger charge is -2.18. The molecule has 2 aromatic rings. The van der Waals surface area contributed by atoms with Crippen molar-refractivity contribution in [3.8, 4) is 11.5 Å². The number of alkyl halides is 2. The summed E-state index contributed by atoms with van der Waals surface area (Å²) in [7, 11) is 3.05. The Morgan fingerprint density at radius 1 is 1.25 bits per heavy atom. The first-order valence-corrected chi connectivity index (χ1v) is 8.07. The van der Waals surface area contributed by atoms with Crippen molar-refractivity contribution < 1.29 is 23.0 Å². The summed E-state index contributed by atoms with van der Waals surface area (Å²) in [6.07, 6.45) is 0. The van der Waals surface area contributed by atoms with E-state index in [1.807, 2.05) is 19.9 Å². The molecule has 0 N–H and O–H groups in total. The minimum Gasteiger partial charge on any atom is -0.493 e. The van der Waals surface area contributed by atoms with Crippen molar-refractivity contribution in [2.45, 2.75) is 27.0 Å². The Morgan fingerprint density at radius 2 is 1.96 bits per heavy atom. The van der Waals surface area contributed by atoms with Crippen LogP contribution >= 0.6 is 11.3 Å². The van der Waals surface area contributed by atoms with Crippen LogP contribution in [0.5, 0.6) is 11.5 Å². The van der Waals surface area contributed by atoms with Crippen molar-refractivity contribution in [2.24, 2.45) is 0 Å². The molecule has 0 unspecified atom stereocenters. The molecule has 0 radical (unpaired) electrons. The Bertz CT molecular complexity index is 731. The van der Waals surface area contributed by atoms with E-state index in [9.17, 15) is 13.6 Å². The van der Waals surface area contributed by atoms with E-state index in [4.69, 9.17) is 4.74 Å². The maximum atomic E-state index is 12.5. The average Bonchev–Trinajstić information content (AvgIpc) is 2.84. The topological polar surface area (TPSA) is 38.8 Å². The number of aryl methyl sites for hydroxylation is 2. The Morgan fingerprint density at radius 3 is 2.50 bits per heavy atom. The van der Waals surface area contributed by atoms with Gasteiger partial charge in [-0.1, -0.05) is 6.07 Å². The first-order chi connectivity index (χ1) is 11.3. The minimum absolute atomic E-state index is 0.0478. The van der Waals surface area contributed by atoms with Crippen LogP contribution in [0.4, 0.5) is 8.78 Å². The lowest BCUT2D eigenvalue weighted by molar-refractivity contribution is -0.0512. The third-order valence-corrected chi connectivity index (χ3v) is 4.45. The van der Waals surface area contributed by atoms with Crippen LogP contribution in [-0.4, -0.2) is 31.6 Å². The number of methoxy groups -OCH3 is 1. The van der Waals surface area contributed by atoms with Gasteiger partial charge in [0.25, 0.3) is 5.91 Å². The van der Waals surface area contributed by atoms with Crippen LogP contribution in [-0.2, 0) is 6.54 Å². The molecule has 4 nitrogen and oxygen atoms in total. The van der Waals surface area contributed by atoms with E-state index in [0.29, 0.717) is 11.1 Å². The Hall–Kier alpha value is -2.15. The van der Waals surface area contributed by atoms with E-state index in [1.165, 1.54) is 13.2 Å². The van der Waals surface area contributed by atoms with Gasteiger partial charge in [-0.2, -0.15) is 8.78 Å². The molecule has 0 aliphatic rings. The van der Waals surface area contributed by atoms with E-state index in [2.05, 4.69) is 4.74 Å². The average molecular weight is 355 g/mol. The molecule has 1 amide bonds. The second-order valence-corrected chi connectivity index (χ2v) is 6.81. The molecule has 0 fully saturated rings. The zero-order valence-electron chi connectivity index (χ0n) is 13.9. The van der Waals surface area contributed by atoms with Gasteiger partial charge in [-0.25, -0.2) is 0 Å². The van der Waals surface area contributed by atoms with Crippen molar-refractivity contribution >= 4 is 17.2 Å². The normalized spacial score (nSPS) is 10.8. The lowest BCUT2D eigenvalue weighted by Crippen LogP contribution is -2.26. The molecule has 0 aliphatic heterocycles. The maximum Gasteiger partial charge on any atom is 0.387 e. The number of amides is 1. The molecule has 1 aromatic heterocycles. The molecule has 0 saturated carbocycles. The smallest absolute Gasteiger partial charge is 0.387 e. The fourth-order valence-electron chi connectivity index (χ4n) is 2.40. The second-order valence-electron chi connectivity index (χ2n) is 5.35. The molecule has 0 spiro atoms. The van der Waals surface area contributed by atoms with Crippen molar-refractivity contribution in [1.82, 2.24) is 4.90 Å². The molecule has 1 heterocycles. The monoisotopic (exact) mass is 355 g/mol. The molecule has 0 bridgehead atoms. The lowest BCUT2D eigenvalue weighted by atomic mass is 10.1. The summed E-state index contributed by atoms with van der Waals surface area (Å²) in [4.78, 5) is 16.1. The van der Waals surface area contributed by atoms with Gasteiger partial charge in [0.2, 0.25) is 0 Å². The molecule has 0 aliphatic carbocycles. The summed E-state index contributed by atoms with van der Waals surface area (Å²) in [5.74, 6) is 0.0646. The highest BCUT2D eigenvalue weighted by molar-refractivity contribution is 7.12. The van der Waals surface area contributed by atoms with Crippen LogP contribution in [0.1, 0.15) is 25.7 Å². The van der Waals surface area contributed by atoms with Gasteiger partial charge in [-0.05, 0) is 37.6 Å². The van der Waals surface area contributed by atoms with Crippen LogP contribution in [0, 0.1) is 13.8 Å². The number of carbonyl (C=O) groups is 1. The van der Waals surface area contributed by atoms with Gasteiger partial charge in [0.15, 0.2) is 11.5 Å². The zero-order valence-corrected chi connectivity index (χ0v) is 14.7. The third kappa shape index (κ3) is 4.23. The summed E-state index contributed by atoms with van der Waals surface area (Å²) in [6, 6.07) is 6.58. The number of nitrogens with zero attached hydrogens (tertiary/aromatic N) is 1. The molecule has 0 atom stereocenters. The highest BCUT2D eigenvalue weighted by atomic mass is 32.1. The quantitative estimate of drug-likeness (QED) is 0.778. The summed E-state index contributed by atoms with van der Waals surface area (Å²) in [6.45, 7) is 1.19. The SMILES string of the molecule is COc1ccc(CN(C)C(=O)c2cc(C)sc2C)cc1OC(F)F. The minimum atomic E-state index is -2.94. The second kappa shape index (κ2) is 7.61. The molecular weight excluding hydrogens is 336 g/mol. The number of hydrogen-bond donors (Lipinski definition) is 0. The van der Waals surface area contributed by atoms with Crippen molar-refractivity contribution in [3.05, 3.63) is 45.1 Å². The van der Waals surface area contributed by atoms with Crippen molar-refractivity contribution in [3.63, 3.8) is 0 Å². The molecular formula is C17H19F2NO3S. The number of halogens is 2. The largest absolute Gasteiger partial charge is 0.493 e. The number of ether oxygens (including phenoxy) is 2. The van der Waals surface area contributed by atoms with Gasteiger partial charge in [-0.15, -0.1) is 11.3 Å². The van der Waals surface area contributed by atoms with Crippen molar-refractivity contribution in [1.29, 1.82) is 0 Å². The van der Waals surface area contributed by atoms with Crippen LogP contribution in [0.2, 0.25) is 0 Å². The first kappa shape index (κ1) is 18.2. The third-order valence-electron chi connectivity index (χ3n) is 3.48. The molecule has 24 heavy (non-hydrogen) atoms. The van der Waals surface area contributed by atoms with Crippen molar-refractivity contribution in [2.75, 3.05) is 14.2 Å². The summed E-state index contributed by atoms with van der Waals surface area (Å²) < 4.78 is 34.4. The first-order valence-electron chi connectivity index (χ1n) is 7.26. The zero-order chi connectivity index (χ0) is 17.9. The predicted molar refractivity (Wildman–Crippen MR) is 89.2 cm³/mol. The fraction of sp³-hybridized carbons (Fsp3) is 0.353. The van der Waals surface area contributed by atoms with Crippen LogP contribution in [0.15, 0.2) is 24.3 Å². The number of hydrogen-bond acceptors (Lipinski definition) is 4. The van der Waals surface area contributed by atoms with Gasteiger partial charge in [0, 0.05) is 23.3 Å². The van der Waals surface area contributed by atoms with E-state index >= 15 is 0 Å². The maximum absolute atomic E-state index is 12.5. The standard InChI is InChI=1S/C17H19F2NO3S/c1-10-7-13(11(2)24-10)16(21)20(3)9-12-5-6-14(22-4)15(8-12)23-17(18)19/h5-8,17H,9H2,1-4H3. The summed E-state index contributed by atoms with van der Waals surface area (Å²) in [5.41, 5.74) is 1.34. The Kier molecular flexibility index (Phi) is 5.77. The van der Waals surface area contributed by atoms with Gasteiger partial charge < -0.3 is 14.4 Å². The Balaban J connectivity index is 2.17.